The molecule has 4 rings (SSSR count). The van der Waals surface area contributed by atoms with Gasteiger partial charge in [0, 0.05) is 21.3 Å². The Morgan fingerprint density at radius 2 is 1.92 bits per heavy atom. The van der Waals surface area contributed by atoms with Crippen molar-refractivity contribution in [1.82, 2.24) is 9.78 Å². The smallest absolute Gasteiger partial charge is 0.150 e. The van der Waals surface area contributed by atoms with Crippen LogP contribution in [0.3, 0.4) is 0 Å². The zero-order valence-electron chi connectivity index (χ0n) is 13.8. The first-order valence-electron chi connectivity index (χ1n) is 7.87. The molecule has 3 aromatic rings. The summed E-state index contributed by atoms with van der Waals surface area (Å²) in [7, 11) is 0. The fourth-order valence-corrected chi connectivity index (χ4v) is 3.81. The molecule has 24 heavy (non-hydrogen) atoms. The summed E-state index contributed by atoms with van der Waals surface area (Å²) in [6.07, 6.45) is -0.250. The lowest BCUT2D eigenvalue weighted by molar-refractivity contribution is 0.452. The van der Waals surface area contributed by atoms with E-state index in [0.29, 0.717) is 0 Å². The van der Waals surface area contributed by atoms with Gasteiger partial charge >= 0.3 is 0 Å². The predicted molar refractivity (Wildman–Crippen MR) is 99.4 cm³/mol. The molecule has 0 saturated heterocycles. The Kier molecular flexibility index (Phi) is 3.42. The van der Waals surface area contributed by atoms with E-state index >= 15 is 0 Å². The molecule has 0 radical (unpaired) electrons. The number of fused-ring (bicyclic) bond motifs is 3. The second kappa shape index (κ2) is 5.38. The van der Waals surface area contributed by atoms with Crippen molar-refractivity contribution in [1.29, 1.82) is 0 Å². The van der Waals surface area contributed by atoms with Gasteiger partial charge in [0.15, 0.2) is 6.17 Å². The highest BCUT2D eigenvalue weighted by atomic mass is 79.9. The van der Waals surface area contributed by atoms with Crippen LogP contribution in [-0.2, 0) is 0 Å². The van der Waals surface area contributed by atoms with Gasteiger partial charge in [-0.25, -0.2) is 4.68 Å². The van der Waals surface area contributed by atoms with Crippen molar-refractivity contribution < 1.29 is 5.11 Å². The molecule has 1 atom stereocenters. The summed E-state index contributed by atoms with van der Waals surface area (Å²) in [6.45, 7) is 6.20. The quantitative estimate of drug-likeness (QED) is 0.627. The first-order valence-corrected chi connectivity index (χ1v) is 8.66. The number of rotatable bonds is 1. The minimum atomic E-state index is -0.250. The number of nitrogens with zero attached hydrogens (tertiary/aromatic N) is 2. The fourth-order valence-electron chi connectivity index (χ4n) is 3.43. The standard InChI is InChI=1S/C19H18BrN3O/c1-10-6-11(2)18-14(7-10)16-8-12(3)22-23(16)19(21-18)15-9-13(20)4-5-17(15)24/h4-9,19,21,24H,1-3H3/t19-/m1/s1. The number of aromatic hydroxyl groups is 1. The number of benzene rings is 2. The molecular formula is C19H18BrN3O. The number of phenols is 1. The van der Waals surface area contributed by atoms with Crippen molar-refractivity contribution in [3.63, 3.8) is 0 Å². The van der Waals surface area contributed by atoms with E-state index in [1.54, 1.807) is 6.07 Å². The van der Waals surface area contributed by atoms with Crippen molar-refractivity contribution in [2.24, 2.45) is 0 Å². The van der Waals surface area contributed by atoms with Gasteiger partial charge in [-0.2, -0.15) is 5.10 Å². The van der Waals surface area contributed by atoms with Crippen LogP contribution >= 0.6 is 15.9 Å². The molecule has 2 heterocycles. The SMILES string of the molecule is Cc1cc(C)c2c(c1)-c1cc(C)nn1[C@H](c1cc(Br)ccc1O)N2. The van der Waals surface area contributed by atoms with Gasteiger partial charge in [-0.15, -0.1) is 0 Å². The Hall–Kier alpha value is -2.27. The number of nitrogens with one attached hydrogen (secondary N) is 1. The summed E-state index contributed by atoms with van der Waals surface area (Å²) < 4.78 is 2.88. The number of aryl methyl sites for hydroxylation is 3. The molecule has 0 fully saturated rings. The van der Waals surface area contributed by atoms with E-state index in [0.717, 1.165) is 32.7 Å². The number of hydrogen-bond acceptors (Lipinski definition) is 3. The second-order valence-electron chi connectivity index (χ2n) is 6.37. The molecule has 0 aliphatic carbocycles. The van der Waals surface area contributed by atoms with Crippen LogP contribution in [0.5, 0.6) is 5.75 Å². The summed E-state index contributed by atoms with van der Waals surface area (Å²) in [5, 5.41) is 18.6. The van der Waals surface area contributed by atoms with Gasteiger partial charge in [0.2, 0.25) is 0 Å². The van der Waals surface area contributed by atoms with Gasteiger partial charge in [-0.1, -0.05) is 27.6 Å². The zero-order chi connectivity index (χ0) is 17.0. The Bertz CT molecular complexity index is 961. The maximum atomic E-state index is 10.4. The van der Waals surface area contributed by atoms with E-state index in [4.69, 9.17) is 0 Å². The van der Waals surface area contributed by atoms with Crippen molar-refractivity contribution >= 4 is 21.6 Å². The molecule has 0 unspecified atom stereocenters. The molecule has 0 amide bonds. The summed E-state index contributed by atoms with van der Waals surface area (Å²) in [4.78, 5) is 0. The molecule has 4 nitrogen and oxygen atoms in total. The van der Waals surface area contributed by atoms with Gasteiger partial charge in [-0.3, -0.25) is 0 Å². The third-order valence-electron chi connectivity index (χ3n) is 4.42. The van der Waals surface area contributed by atoms with Crippen LogP contribution in [0.4, 0.5) is 5.69 Å². The summed E-state index contributed by atoms with van der Waals surface area (Å²) in [5.41, 5.74) is 7.48. The monoisotopic (exact) mass is 383 g/mol. The number of anilines is 1. The average molecular weight is 384 g/mol. The number of hydrogen-bond donors (Lipinski definition) is 2. The first-order chi connectivity index (χ1) is 11.4. The Balaban J connectivity index is 1.97. The topological polar surface area (TPSA) is 50.1 Å². The molecule has 1 aliphatic rings. The number of halogens is 1. The lowest BCUT2D eigenvalue weighted by Crippen LogP contribution is -2.26. The molecule has 1 aliphatic heterocycles. The molecule has 0 bridgehead atoms. The van der Waals surface area contributed by atoms with Crippen LogP contribution < -0.4 is 5.32 Å². The zero-order valence-corrected chi connectivity index (χ0v) is 15.3. The van der Waals surface area contributed by atoms with Crippen LogP contribution in [0.2, 0.25) is 0 Å². The molecule has 122 valence electrons. The highest BCUT2D eigenvalue weighted by Gasteiger charge is 2.29. The lowest BCUT2D eigenvalue weighted by Gasteiger charge is -2.31. The van der Waals surface area contributed by atoms with Crippen LogP contribution in [0.15, 0.2) is 40.9 Å². The van der Waals surface area contributed by atoms with E-state index in [1.165, 1.54) is 11.1 Å². The van der Waals surface area contributed by atoms with Crippen LogP contribution in [-0.4, -0.2) is 14.9 Å². The van der Waals surface area contributed by atoms with E-state index in [-0.39, 0.29) is 11.9 Å². The lowest BCUT2D eigenvalue weighted by atomic mass is 9.98. The number of aromatic nitrogens is 2. The average Bonchev–Trinajstić information content (AvgIpc) is 2.91. The van der Waals surface area contributed by atoms with Crippen LogP contribution in [0, 0.1) is 20.8 Å². The van der Waals surface area contributed by atoms with E-state index in [9.17, 15) is 5.11 Å². The molecule has 1 aromatic heterocycles. The third-order valence-corrected chi connectivity index (χ3v) is 4.92. The van der Waals surface area contributed by atoms with Crippen LogP contribution in [0.1, 0.15) is 28.6 Å². The van der Waals surface area contributed by atoms with E-state index < -0.39 is 0 Å². The highest BCUT2D eigenvalue weighted by Crippen LogP contribution is 2.42. The minimum Gasteiger partial charge on any atom is -0.508 e. The van der Waals surface area contributed by atoms with Gasteiger partial charge in [0.1, 0.15) is 5.75 Å². The maximum Gasteiger partial charge on any atom is 0.150 e. The Morgan fingerprint density at radius 1 is 1.12 bits per heavy atom. The predicted octanol–water partition coefficient (Wildman–Crippen LogP) is 4.92. The summed E-state index contributed by atoms with van der Waals surface area (Å²) in [6, 6.07) is 11.9. The van der Waals surface area contributed by atoms with Crippen molar-refractivity contribution in [3.05, 3.63) is 63.3 Å². The Morgan fingerprint density at radius 3 is 2.71 bits per heavy atom. The maximum absolute atomic E-state index is 10.4. The highest BCUT2D eigenvalue weighted by molar-refractivity contribution is 9.10. The molecule has 2 aromatic carbocycles. The van der Waals surface area contributed by atoms with Crippen molar-refractivity contribution in [2.45, 2.75) is 26.9 Å². The molecule has 0 spiro atoms. The summed E-state index contributed by atoms with van der Waals surface area (Å²) in [5.74, 6) is 0.253. The van der Waals surface area contributed by atoms with Gasteiger partial charge in [-0.05, 0) is 56.7 Å². The normalized spacial score (nSPS) is 15.6. The second-order valence-corrected chi connectivity index (χ2v) is 7.29. The molecule has 5 heteroatoms. The van der Waals surface area contributed by atoms with Crippen molar-refractivity contribution in [2.75, 3.05) is 5.32 Å². The van der Waals surface area contributed by atoms with Gasteiger partial charge < -0.3 is 10.4 Å². The van der Waals surface area contributed by atoms with Gasteiger partial charge in [0.25, 0.3) is 0 Å². The molecule has 0 saturated carbocycles. The molecule has 2 N–H and O–H groups in total. The van der Waals surface area contributed by atoms with Crippen LogP contribution in [0.25, 0.3) is 11.3 Å². The number of phenolic OH excluding ortho intramolecular Hbond substituents is 1. The summed E-state index contributed by atoms with van der Waals surface area (Å²) >= 11 is 3.50. The van der Waals surface area contributed by atoms with E-state index in [2.05, 4.69) is 58.4 Å². The fraction of sp³-hybridized carbons (Fsp3) is 0.211. The first kappa shape index (κ1) is 15.3. The van der Waals surface area contributed by atoms with Crippen molar-refractivity contribution in [3.8, 4) is 17.0 Å². The largest absolute Gasteiger partial charge is 0.508 e. The third kappa shape index (κ3) is 2.31. The van der Waals surface area contributed by atoms with E-state index in [1.807, 2.05) is 23.7 Å². The van der Waals surface area contributed by atoms with Gasteiger partial charge in [0.05, 0.1) is 11.4 Å². The Labute approximate surface area is 149 Å². The molecular weight excluding hydrogens is 366 g/mol. The minimum absolute atomic E-state index is 0.250.